The van der Waals surface area contributed by atoms with Crippen LogP contribution in [0.3, 0.4) is 0 Å². The number of carbonyl (C=O) groups is 2. The number of hydrogen-bond donors (Lipinski definition) is 1. The van der Waals surface area contributed by atoms with Crippen molar-refractivity contribution in [1.82, 2.24) is 14.9 Å². The van der Waals surface area contributed by atoms with Crippen molar-refractivity contribution >= 4 is 29.3 Å². The predicted molar refractivity (Wildman–Crippen MR) is 157 cm³/mol. The average Bonchev–Trinajstić information content (AvgIpc) is 2.97. The minimum absolute atomic E-state index is 0.00738. The van der Waals surface area contributed by atoms with E-state index in [-0.39, 0.29) is 18.2 Å². The van der Waals surface area contributed by atoms with Gasteiger partial charge in [-0.05, 0) is 79.6 Å². The Labute approximate surface area is 242 Å². The highest BCUT2D eigenvalue weighted by molar-refractivity contribution is 7.99. The molecule has 0 bridgehead atoms. The zero-order valence-electron chi connectivity index (χ0n) is 23.3. The van der Waals surface area contributed by atoms with E-state index in [1.54, 1.807) is 50.6 Å². The fraction of sp³-hybridized carbons (Fsp3) is 0.226. The molecule has 1 aromatic heterocycles. The maximum absolute atomic E-state index is 13.9. The second-order valence-electron chi connectivity index (χ2n) is 9.26. The molecule has 212 valence electrons. The molecular formula is C31H31FN4O4S. The van der Waals surface area contributed by atoms with E-state index >= 15 is 0 Å². The number of benzene rings is 3. The summed E-state index contributed by atoms with van der Waals surface area (Å²) in [6.45, 7) is 3.85. The first kappa shape index (κ1) is 29.5. The number of nitrogens with zero attached hydrogens (tertiary/aromatic N) is 3. The number of carbonyl (C=O) groups excluding carboxylic acids is 2. The molecule has 0 aliphatic carbocycles. The lowest BCUT2D eigenvalue weighted by molar-refractivity contribution is -0.137. The number of halogens is 1. The lowest BCUT2D eigenvalue weighted by atomic mass is 10.0. The van der Waals surface area contributed by atoms with Crippen LogP contribution in [0.25, 0.3) is 0 Å². The quantitative estimate of drug-likeness (QED) is 0.180. The largest absolute Gasteiger partial charge is 0.497 e. The summed E-state index contributed by atoms with van der Waals surface area (Å²) < 4.78 is 24.4. The summed E-state index contributed by atoms with van der Waals surface area (Å²) >= 11 is 1.20. The maximum Gasteiger partial charge on any atom is 0.251 e. The van der Waals surface area contributed by atoms with Crippen molar-refractivity contribution in [2.24, 2.45) is 0 Å². The lowest BCUT2D eigenvalue weighted by Crippen LogP contribution is -2.41. The van der Waals surface area contributed by atoms with Crippen LogP contribution in [0.1, 0.15) is 28.6 Å². The molecule has 2 amide bonds. The molecule has 0 radical (unpaired) electrons. The minimum Gasteiger partial charge on any atom is -0.497 e. The fourth-order valence-corrected chi connectivity index (χ4v) is 5.06. The van der Waals surface area contributed by atoms with Gasteiger partial charge in [0.1, 0.15) is 23.4 Å². The van der Waals surface area contributed by atoms with Crippen LogP contribution in [0.5, 0.6) is 11.5 Å². The van der Waals surface area contributed by atoms with Crippen molar-refractivity contribution in [3.63, 3.8) is 0 Å². The van der Waals surface area contributed by atoms with Crippen LogP contribution in [-0.4, -0.2) is 46.7 Å². The Hall–Kier alpha value is -4.44. The molecule has 0 saturated carbocycles. The number of rotatable bonds is 11. The Morgan fingerprint density at radius 1 is 0.878 bits per heavy atom. The first-order valence-electron chi connectivity index (χ1n) is 12.8. The fourth-order valence-electron chi connectivity index (χ4n) is 4.22. The van der Waals surface area contributed by atoms with Crippen molar-refractivity contribution in [1.29, 1.82) is 0 Å². The molecule has 1 heterocycles. The summed E-state index contributed by atoms with van der Waals surface area (Å²) in [6, 6.07) is 20.5. The van der Waals surface area contributed by atoms with Gasteiger partial charge in [0.05, 0.1) is 20.0 Å². The van der Waals surface area contributed by atoms with E-state index in [2.05, 4.69) is 15.3 Å². The molecule has 3 aromatic carbocycles. The van der Waals surface area contributed by atoms with Crippen LogP contribution in [0.2, 0.25) is 0 Å². The Kier molecular flexibility index (Phi) is 9.91. The highest BCUT2D eigenvalue weighted by Crippen LogP contribution is 2.28. The third-order valence-electron chi connectivity index (χ3n) is 6.22. The number of nitrogens with one attached hydrogen (secondary N) is 1. The van der Waals surface area contributed by atoms with Gasteiger partial charge in [-0.25, -0.2) is 14.4 Å². The number of anilines is 1. The summed E-state index contributed by atoms with van der Waals surface area (Å²) in [4.78, 5) is 38.1. The highest BCUT2D eigenvalue weighted by atomic mass is 32.2. The average molecular weight is 575 g/mol. The predicted octanol–water partition coefficient (Wildman–Crippen LogP) is 5.75. The van der Waals surface area contributed by atoms with Gasteiger partial charge in [-0.3, -0.25) is 9.59 Å². The Morgan fingerprint density at radius 3 is 2.00 bits per heavy atom. The molecule has 0 unspecified atom stereocenters. The van der Waals surface area contributed by atoms with E-state index in [9.17, 15) is 14.0 Å². The van der Waals surface area contributed by atoms with Gasteiger partial charge in [0.25, 0.3) is 5.91 Å². The summed E-state index contributed by atoms with van der Waals surface area (Å²) in [5.41, 5.74) is 3.37. The monoisotopic (exact) mass is 574 g/mol. The third-order valence-corrected chi connectivity index (χ3v) is 7.05. The second kappa shape index (κ2) is 13.8. The summed E-state index contributed by atoms with van der Waals surface area (Å²) in [6.07, 6.45) is 0. The van der Waals surface area contributed by atoms with E-state index in [1.807, 2.05) is 32.0 Å². The first-order valence-corrected chi connectivity index (χ1v) is 13.8. The normalized spacial score (nSPS) is 11.4. The van der Waals surface area contributed by atoms with Gasteiger partial charge in [-0.15, -0.1) is 0 Å². The summed E-state index contributed by atoms with van der Waals surface area (Å²) in [5, 5.41) is 3.37. The Morgan fingerprint density at radius 2 is 1.44 bits per heavy atom. The molecule has 0 aliphatic rings. The summed E-state index contributed by atoms with van der Waals surface area (Å²) in [7, 11) is 3.13. The molecule has 10 heteroatoms. The van der Waals surface area contributed by atoms with Crippen molar-refractivity contribution in [3.8, 4) is 11.5 Å². The van der Waals surface area contributed by atoms with Crippen molar-refractivity contribution < 1.29 is 23.5 Å². The molecule has 0 aliphatic heterocycles. The second-order valence-corrected chi connectivity index (χ2v) is 10.2. The van der Waals surface area contributed by atoms with Crippen molar-refractivity contribution in [2.45, 2.75) is 31.6 Å². The topological polar surface area (TPSA) is 93.7 Å². The number of thioether (sulfide) groups is 1. The maximum atomic E-state index is 13.9. The van der Waals surface area contributed by atoms with Crippen LogP contribution in [0.4, 0.5) is 10.1 Å². The van der Waals surface area contributed by atoms with Gasteiger partial charge in [0, 0.05) is 23.6 Å². The van der Waals surface area contributed by atoms with E-state index < -0.39 is 17.8 Å². The standard InChI is InChI=1S/C31H31FN4O4S/c1-20-17-21(2)34-31(33-20)41-19-28(37)36(18-22-5-13-26(39-3)14-6-22)29(23-7-9-24(32)10-8-23)30(38)35-25-11-15-27(40-4)16-12-25/h5-17,29H,18-19H2,1-4H3,(H,35,38)/t29-/m1/s1. The van der Waals surface area contributed by atoms with Gasteiger partial charge >= 0.3 is 0 Å². The molecule has 1 N–H and O–H groups in total. The van der Waals surface area contributed by atoms with Gasteiger partial charge < -0.3 is 19.7 Å². The molecule has 0 saturated heterocycles. The van der Waals surface area contributed by atoms with E-state index in [1.165, 1.54) is 40.9 Å². The smallest absolute Gasteiger partial charge is 0.251 e. The minimum atomic E-state index is -1.06. The van der Waals surface area contributed by atoms with Crippen LogP contribution >= 0.6 is 11.8 Å². The van der Waals surface area contributed by atoms with Crippen LogP contribution in [-0.2, 0) is 16.1 Å². The van der Waals surface area contributed by atoms with E-state index in [4.69, 9.17) is 9.47 Å². The molecule has 4 rings (SSSR count). The van der Waals surface area contributed by atoms with Crippen LogP contribution < -0.4 is 14.8 Å². The number of amides is 2. The number of aromatic nitrogens is 2. The molecule has 41 heavy (non-hydrogen) atoms. The van der Waals surface area contributed by atoms with Crippen LogP contribution in [0.15, 0.2) is 84.0 Å². The molecular weight excluding hydrogens is 543 g/mol. The van der Waals surface area contributed by atoms with Gasteiger partial charge in [-0.1, -0.05) is 36.0 Å². The Bertz CT molecular complexity index is 1460. The molecule has 0 fully saturated rings. The number of ether oxygens (including phenoxy) is 2. The first-order chi connectivity index (χ1) is 19.7. The summed E-state index contributed by atoms with van der Waals surface area (Å²) in [5.74, 6) is 0.0937. The lowest BCUT2D eigenvalue weighted by Gasteiger charge is -2.31. The van der Waals surface area contributed by atoms with Crippen LogP contribution in [0, 0.1) is 19.7 Å². The van der Waals surface area contributed by atoms with Gasteiger partial charge in [0.15, 0.2) is 5.16 Å². The molecule has 0 spiro atoms. The van der Waals surface area contributed by atoms with Gasteiger partial charge in [0.2, 0.25) is 5.91 Å². The molecule has 4 aromatic rings. The number of aryl methyl sites for hydroxylation is 2. The van der Waals surface area contributed by atoms with Gasteiger partial charge in [-0.2, -0.15) is 0 Å². The Balaban J connectivity index is 1.69. The van der Waals surface area contributed by atoms with E-state index in [0.29, 0.717) is 27.9 Å². The zero-order valence-corrected chi connectivity index (χ0v) is 24.1. The highest BCUT2D eigenvalue weighted by Gasteiger charge is 2.32. The van der Waals surface area contributed by atoms with E-state index in [0.717, 1.165) is 17.0 Å². The van der Waals surface area contributed by atoms with Crippen molar-refractivity contribution in [2.75, 3.05) is 25.3 Å². The SMILES string of the molecule is COc1ccc(CN(C(=O)CSc2nc(C)cc(C)n2)[C@@H](C(=O)Nc2ccc(OC)cc2)c2ccc(F)cc2)cc1. The number of methoxy groups -OCH3 is 2. The van der Waals surface area contributed by atoms with Crippen molar-refractivity contribution in [3.05, 3.63) is 107 Å². The number of hydrogen-bond acceptors (Lipinski definition) is 7. The zero-order chi connectivity index (χ0) is 29.4. The third kappa shape index (κ3) is 8.04. The molecule has 1 atom stereocenters. The molecule has 8 nitrogen and oxygen atoms in total.